The zero-order valence-electron chi connectivity index (χ0n) is 14.4. The van der Waals surface area contributed by atoms with Crippen LogP contribution in [0.1, 0.15) is 29.0 Å². The van der Waals surface area contributed by atoms with Crippen LogP contribution >= 0.6 is 0 Å². The van der Waals surface area contributed by atoms with Crippen molar-refractivity contribution in [3.05, 3.63) is 65.9 Å². The number of hydrogen-bond acceptors (Lipinski definition) is 4. The molecular weight excluding hydrogens is 330 g/mol. The molecule has 0 saturated carbocycles. The minimum atomic E-state index is -0.206. The predicted octanol–water partition coefficient (Wildman–Crippen LogP) is 3.34. The maximum absolute atomic E-state index is 12.5. The van der Waals surface area contributed by atoms with E-state index in [2.05, 4.69) is 15.5 Å². The number of nitrogens with one attached hydrogen (secondary N) is 2. The van der Waals surface area contributed by atoms with Crippen molar-refractivity contribution >= 4 is 5.91 Å². The third-order valence-corrected chi connectivity index (χ3v) is 4.31. The van der Waals surface area contributed by atoms with Crippen LogP contribution in [0.2, 0.25) is 0 Å². The number of fused-ring (bicyclic) bond motifs is 1. The predicted molar refractivity (Wildman–Crippen MR) is 97.3 cm³/mol. The van der Waals surface area contributed by atoms with Gasteiger partial charge in [-0.2, -0.15) is 5.10 Å². The summed E-state index contributed by atoms with van der Waals surface area (Å²) < 4.78 is 11.1. The van der Waals surface area contributed by atoms with Gasteiger partial charge in [0.15, 0.2) is 11.5 Å². The van der Waals surface area contributed by atoms with E-state index in [4.69, 9.17) is 9.47 Å². The lowest BCUT2D eigenvalue weighted by Crippen LogP contribution is -2.27. The topological polar surface area (TPSA) is 76.2 Å². The molecule has 0 radical (unpaired) electrons. The molecule has 2 N–H and O–H groups in total. The Hall–Kier alpha value is -3.28. The van der Waals surface area contributed by atoms with Crippen molar-refractivity contribution in [1.82, 2.24) is 15.5 Å². The molecule has 2 heterocycles. The molecule has 3 aromatic rings. The van der Waals surface area contributed by atoms with Gasteiger partial charge in [0.25, 0.3) is 5.91 Å². The molecule has 26 heavy (non-hydrogen) atoms. The lowest BCUT2D eigenvalue weighted by atomic mass is 10.1. The Morgan fingerprint density at radius 1 is 1.08 bits per heavy atom. The van der Waals surface area contributed by atoms with E-state index in [1.54, 1.807) is 6.07 Å². The summed E-state index contributed by atoms with van der Waals surface area (Å²) in [7, 11) is 0. The Balaban J connectivity index is 1.47. The van der Waals surface area contributed by atoms with Gasteiger partial charge >= 0.3 is 0 Å². The van der Waals surface area contributed by atoms with E-state index in [1.165, 1.54) is 0 Å². The highest BCUT2D eigenvalue weighted by Crippen LogP contribution is 2.32. The summed E-state index contributed by atoms with van der Waals surface area (Å²) in [5.41, 5.74) is 3.07. The van der Waals surface area contributed by atoms with Gasteiger partial charge in [-0.3, -0.25) is 9.89 Å². The molecule has 1 amide bonds. The molecule has 1 aromatic heterocycles. The number of nitrogens with zero attached hydrogens (tertiary/aromatic N) is 1. The average molecular weight is 349 g/mol. The van der Waals surface area contributed by atoms with Crippen molar-refractivity contribution in [2.75, 3.05) is 13.2 Å². The van der Waals surface area contributed by atoms with E-state index < -0.39 is 0 Å². The number of ether oxygens (including phenoxy) is 2. The maximum atomic E-state index is 12.5. The second-order valence-corrected chi connectivity index (χ2v) is 6.13. The number of hydrogen-bond donors (Lipinski definition) is 2. The summed E-state index contributed by atoms with van der Waals surface area (Å²) in [5.74, 6) is 1.24. The monoisotopic (exact) mass is 349 g/mol. The first-order valence-corrected chi connectivity index (χ1v) is 8.52. The van der Waals surface area contributed by atoms with Crippen molar-refractivity contribution in [2.45, 2.75) is 13.0 Å². The molecule has 2 aromatic carbocycles. The van der Waals surface area contributed by atoms with Crippen LogP contribution in [0, 0.1) is 0 Å². The van der Waals surface area contributed by atoms with Crippen molar-refractivity contribution in [2.24, 2.45) is 0 Å². The maximum Gasteiger partial charge on any atom is 0.269 e. The molecule has 0 fully saturated rings. The molecule has 4 rings (SSSR count). The second-order valence-electron chi connectivity index (χ2n) is 6.13. The van der Waals surface area contributed by atoms with Gasteiger partial charge in [-0.05, 0) is 30.7 Å². The smallest absolute Gasteiger partial charge is 0.269 e. The normalized spacial score (nSPS) is 13.9. The zero-order valence-corrected chi connectivity index (χ0v) is 14.4. The van der Waals surface area contributed by atoms with Crippen LogP contribution in [0.3, 0.4) is 0 Å². The van der Waals surface area contributed by atoms with E-state index in [-0.39, 0.29) is 11.9 Å². The minimum absolute atomic E-state index is 0.179. The first kappa shape index (κ1) is 16.2. The Bertz CT molecular complexity index is 921. The van der Waals surface area contributed by atoms with Crippen molar-refractivity contribution in [1.29, 1.82) is 0 Å². The lowest BCUT2D eigenvalue weighted by Gasteiger charge is -2.21. The number of carbonyl (C=O) groups is 1. The van der Waals surface area contributed by atoms with Crippen LogP contribution in [-0.2, 0) is 0 Å². The standard InChI is InChI=1S/C20H19N3O3/c1-13(15-7-8-18-19(11-15)26-10-9-25-18)21-20(24)17-12-16(22-23-17)14-5-3-2-4-6-14/h2-8,11-13H,9-10H2,1H3,(H,21,24)(H,22,23)/t13-/m0/s1. The molecule has 1 atom stereocenters. The number of aromatic amines is 1. The number of rotatable bonds is 4. The molecule has 0 bridgehead atoms. The quantitative estimate of drug-likeness (QED) is 0.757. The van der Waals surface area contributed by atoms with Crippen LogP contribution < -0.4 is 14.8 Å². The minimum Gasteiger partial charge on any atom is -0.486 e. The molecule has 6 heteroatoms. The third-order valence-electron chi connectivity index (χ3n) is 4.31. The Labute approximate surface area is 151 Å². The van der Waals surface area contributed by atoms with Gasteiger partial charge in [0.05, 0.1) is 11.7 Å². The van der Waals surface area contributed by atoms with Crippen LogP contribution in [0.5, 0.6) is 11.5 Å². The summed E-state index contributed by atoms with van der Waals surface area (Å²) >= 11 is 0. The Morgan fingerprint density at radius 2 is 1.85 bits per heavy atom. The molecule has 0 aliphatic carbocycles. The second kappa shape index (κ2) is 6.92. The molecule has 0 spiro atoms. The summed E-state index contributed by atoms with van der Waals surface area (Å²) in [6.07, 6.45) is 0. The largest absolute Gasteiger partial charge is 0.486 e. The van der Waals surface area contributed by atoms with E-state index in [0.717, 1.165) is 22.6 Å². The Morgan fingerprint density at radius 3 is 2.65 bits per heavy atom. The zero-order chi connectivity index (χ0) is 17.9. The van der Waals surface area contributed by atoms with Gasteiger partial charge in [-0.1, -0.05) is 36.4 Å². The fourth-order valence-corrected chi connectivity index (χ4v) is 2.88. The highest BCUT2D eigenvalue weighted by molar-refractivity contribution is 5.93. The SMILES string of the molecule is C[C@H](NC(=O)c1cc(-c2ccccc2)n[nH]1)c1ccc2c(c1)OCCO2. The molecule has 132 valence electrons. The first-order valence-electron chi connectivity index (χ1n) is 8.52. The average Bonchev–Trinajstić information content (AvgIpc) is 3.18. The number of H-pyrrole nitrogens is 1. The fraction of sp³-hybridized carbons (Fsp3) is 0.200. The third kappa shape index (κ3) is 3.26. The molecule has 1 aliphatic heterocycles. The van der Waals surface area contributed by atoms with Crippen LogP contribution in [0.4, 0.5) is 0 Å². The van der Waals surface area contributed by atoms with Gasteiger partial charge in [-0.25, -0.2) is 0 Å². The first-order chi connectivity index (χ1) is 12.7. The highest BCUT2D eigenvalue weighted by atomic mass is 16.6. The summed E-state index contributed by atoms with van der Waals surface area (Å²) in [6.45, 7) is 3.02. The van der Waals surface area contributed by atoms with Crippen molar-refractivity contribution in [3.8, 4) is 22.8 Å². The van der Waals surface area contributed by atoms with Gasteiger partial charge in [0.2, 0.25) is 0 Å². The van der Waals surface area contributed by atoms with Gasteiger partial charge < -0.3 is 14.8 Å². The van der Waals surface area contributed by atoms with Crippen LogP contribution in [0.15, 0.2) is 54.6 Å². The molecular formula is C20H19N3O3. The van der Waals surface area contributed by atoms with Gasteiger partial charge in [0, 0.05) is 5.56 Å². The van der Waals surface area contributed by atoms with E-state index >= 15 is 0 Å². The molecule has 0 unspecified atom stereocenters. The van der Waals surface area contributed by atoms with Crippen molar-refractivity contribution in [3.63, 3.8) is 0 Å². The van der Waals surface area contributed by atoms with Gasteiger partial charge in [0.1, 0.15) is 18.9 Å². The summed E-state index contributed by atoms with van der Waals surface area (Å²) in [4.78, 5) is 12.5. The van der Waals surface area contributed by atoms with E-state index in [9.17, 15) is 4.79 Å². The molecule has 6 nitrogen and oxygen atoms in total. The van der Waals surface area contributed by atoms with Crippen LogP contribution in [-0.4, -0.2) is 29.3 Å². The van der Waals surface area contributed by atoms with Crippen LogP contribution in [0.25, 0.3) is 11.3 Å². The van der Waals surface area contributed by atoms with Gasteiger partial charge in [-0.15, -0.1) is 0 Å². The number of carbonyl (C=O) groups excluding carboxylic acids is 1. The summed E-state index contributed by atoms with van der Waals surface area (Å²) in [6, 6.07) is 17.0. The number of aromatic nitrogens is 2. The number of amides is 1. The molecule has 1 aliphatic rings. The summed E-state index contributed by atoms with van der Waals surface area (Å²) in [5, 5.41) is 10.0. The fourth-order valence-electron chi connectivity index (χ4n) is 2.88. The van der Waals surface area contributed by atoms with Crippen molar-refractivity contribution < 1.29 is 14.3 Å². The molecule has 0 saturated heterocycles. The van der Waals surface area contributed by atoms with E-state index in [0.29, 0.717) is 24.7 Å². The highest BCUT2D eigenvalue weighted by Gasteiger charge is 2.17. The Kier molecular flexibility index (Phi) is 4.31. The van der Waals surface area contributed by atoms with E-state index in [1.807, 2.05) is 55.5 Å². The lowest BCUT2D eigenvalue weighted by molar-refractivity contribution is 0.0934. The number of benzene rings is 2.